The first kappa shape index (κ1) is 30.0. The van der Waals surface area contributed by atoms with Crippen molar-refractivity contribution in [3.63, 3.8) is 0 Å². The van der Waals surface area contributed by atoms with Crippen LogP contribution in [-0.2, 0) is 4.79 Å². The van der Waals surface area contributed by atoms with Gasteiger partial charge in [-0.15, -0.1) is 13.2 Å². The highest BCUT2D eigenvalue weighted by Gasteiger charge is 2.31. The van der Waals surface area contributed by atoms with Gasteiger partial charge < -0.3 is 19.3 Å². The Bertz CT molecular complexity index is 1330. The van der Waals surface area contributed by atoms with Crippen LogP contribution in [0.5, 0.6) is 17.2 Å². The topological polar surface area (TPSA) is 82.1 Å². The van der Waals surface area contributed by atoms with Gasteiger partial charge in [-0.25, -0.2) is 9.59 Å². The van der Waals surface area contributed by atoms with Gasteiger partial charge >= 0.3 is 18.3 Å². The summed E-state index contributed by atoms with van der Waals surface area (Å²) in [6, 6.07) is 4.41. The molecule has 0 heterocycles. The van der Waals surface area contributed by atoms with Crippen LogP contribution in [0.4, 0.5) is 13.2 Å². The molecule has 0 aromatic heterocycles. The molecule has 0 saturated carbocycles. The lowest BCUT2D eigenvalue weighted by molar-refractivity contribution is -0.274. The second kappa shape index (κ2) is 12.8. The lowest BCUT2D eigenvalue weighted by Crippen LogP contribution is -2.17. The molecule has 2 aromatic rings. The summed E-state index contributed by atoms with van der Waals surface area (Å²) < 4.78 is 51.3. The second-order valence-corrected chi connectivity index (χ2v) is 8.48. The van der Waals surface area contributed by atoms with Crippen LogP contribution < -0.4 is 14.2 Å². The Morgan fingerprint density at radius 1 is 0.947 bits per heavy atom. The number of carbonyl (C=O) groups excluding carboxylic acids is 1. The highest BCUT2D eigenvalue weighted by molar-refractivity contribution is 5.94. The zero-order valence-electron chi connectivity index (χ0n) is 21.9. The number of esters is 1. The Balaban J connectivity index is 2.10. The minimum absolute atomic E-state index is 0.412. The molecule has 202 valence electrons. The van der Waals surface area contributed by atoms with E-state index in [1.807, 2.05) is 52.0 Å². The van der Waals surface area contributed by atoms with E-state index in [4.69, 9.17) is 9.47 Å². The quantitative estimate of drug-likeness (QED) is 0.159. The summed E-state index contributed by atoms with van der Waals surface area (Å²) >= 11 is 0. The van der Waals surface area contributed by atoms with Crippen LogP contribution >= 0.6 is 0 Å². The average Bonchev–Trinajstić information content (AvgIpc) is 2.81. The van der Waals surface area contributed by atoms with Gasteiger partial charge in [0, 0.05) is 6.08 Å². The Morgan fingerprint density at radius 3 is 2.24 bits per heavy atom. The molecule has 0 atom stereocenters. The maximum Gasteiger partial charge on any atom is 0.573 e. The minimum atomic E-state index is -4.99. The van der Waals surface area contributed by atoms with E-state index in [0.29, 0.717) is 11.6 Å². The van der Waals surface area contributed by atoms with Crippen molar-refractivity contribution in [3.05, 3.63) is 93.6 Å². The summed E-state index contributed by atoms with van der Waals surface area (Å²) in [6.45, 7) is 9.64. The molecule has 0 amide bonds. The third-order valence-corrected chi connectivity index (χ3v) is 5.53. The summed E-state index contributed by atoms with van der Waals surface area (Å²) in [7, 11) is 1.65. The first-order valence-electron chi connectivity index (χ1n) is 11.4. The van der Waals surface area contributed by atoms with E-state index >= 15 is 0 Å². The van der Waals surface area contributed by atoms with Gasteiger partial charge in [0.25, 0.3) is 0 Å². The van der Waals surface area contributed by atoms with Crippen molar-refractivity contribution in [2.75, 3.05) is 7.11 Å². The smallest absolute Gasteiger partial charge is 0.496 e. The molecule has 0 radical (unpaired) electrons. The molecule has 0 unspecified atom stereocenters. The van der Waals surface area contributed by atoms with Crippen molar-refractivity contribution >= 4 is 18.0 Å². The van der Waals surface area contributed by atoms with Crippen LogP contribution in [0.2, 0.25) is 0 Å². The first-order valence-corrected chi connectivity index (χ1v) is 11.4. The van der Waals surface area contributed by atoms with Gasteiger partial charge in [-0.05, 0) is 86.7 Å². The van der Waals surface area contributed by atoms with Gasteiger partial charge in [0.1, 0.15) is 22.8 Å². The van der Waals surface area contributed by atoms with Crippen LogP contribution in [0.1, 0.15) is 46.5 Å². The number of carbonyl (C=O) groups is 2. The molecule has 2 rings (SSSR count). The lowest BCUT2D eigenvalue weighted by Gasteiger charge is -2.13. The zero-order valence-corrected chi connectivity index (χ0v) is 21.9. The SMILES string of the molecule is COc1cc(C)c(C=CC(C)=CC=CC(C)=CC(=O)Oc2ccc(OC(F)(F)F)cc2C(=O)O)c(C)c1C. The fraction of sp³-hybridized carbons (Fsp3) is 0.241. The highest BCUT2D eigenvalue weighted by atomic mass is 19.4. The van der Waals surface area contributed by atoms with E-state index in [9.17, 15) is 27.9 Å². The van der Waals surface area contributed by atoms with Gasteiger partial charge in [-0.2, -0.15) is 0 Å². The molecule has 1 N–H and O–H groups in total. The Labute approximate surface area is 219 Å². The number of hydrogen-bond acceptors (Lipinski definition) is 5. The van der Waals surface area contributed by atoms with Crippen LogP contribution in [0, 0.1) is 20.8 Å². The van der Waals surface area contributed by atoms with Gasteiger partial charge in [-0.3, -0.25) is 0 Å². The number of alkyl halides is 3. The maximum absolute atomic E-state index is 12.4. The molecule has 0 saturated heterocycles. The molecule has 0 aliphatic heterocycles. The normalized spacial score (nSPS) is 12.8. The molecular formula is C29H29F3O6. The van der Waals surface area contributed by atoms with Gasteiger partial charge in [0.15, 0.2) is 0 Å². The van der Waals surface area contributed by atoms with E-state index in [-0.39, 0.29) is 0 Å². The molecule has 38 heavy (non-hydrogen) atoms. The van der Waals surface area contributed by atoms with Gasteiger partial charge in [-0.1, -0.05) is 36.0 Å². The number of carboxylic acid groups (broad SMARTS) is 1. The standard InChI is InChI=1S/C29H29F3O6/c1-17(10-12-23-19(3)15-26(36-6)21(5)20(23)4)8-7-9-18(2)14-27(33)37-25-13-11-22(38-29(30,31)32)16-24(25)28(34)35/h7-16H,1-6H3,(H,34,35). The molecule has 9 heteroatoms. The van der Waals surface area contributed by atoms with Crippen molar-refractivity contribution in [3.8, 4) is 17.2 Å². The van der Waals surface area contributed by atoms with E-state index in [1.165, 1.54) is 0 Å². The number of aryl methyl sites for hydroxylation is 1. The van der Waals surface area contributed by atoms with Crippen molar-refractivity contribution in [2.24, 2.45) is 0 Å². The summed E-state index contributed by atoms with van der Waals surface area (Å²) in [6.07, 6.45) is 5.39. The number of methoxy groups -OCH3 is 1. The predicted molar refractivity (Wildman–Crippen MR) is 139 cm³/mol. The molecule has 0 fully saturated rings. The number of ether oxygens (including phenoxy) is 3. The summed E-state index contributed by atoms with van der Waals surface area (Å²) in [5, 5.41) is 9.26. The molecule has 0 aliphatic carbocycles. The number of halogens is 3. The van der Waals surface area contributed by atoms with Crippen molar-refractivity contribution in [1.29, 1.82) is 0 Å². The Hall–Kier alpha value is -4.27. The molecular weight excluding hydrogens is 501 g/mol. The monoisotopic (exact) mass is 530 g/mol. The number of hydrogen-bond donors (Lipinski definition) is 1. The largest absolute Gasteiger partial charge is 0.573 e. The highest BCUT2D eigenvalue weighted by Crippen LogP contribution is 2.30. The van der Waals surface area contributed by atoms with Crippen molar-refractivity contribution < 1.29 is 42.1 Å². The predicted octanol–water partition coefficient (Wildman–Crippen LogP) is 7.28. The van der Waals surface area contributed by atoms with E-state index in [0.717, 1.165) is 51.8 Å². The van der Waals surface area contributed by atoms with Crippen LogP contribution in [0.15, 0.2) is 65.8 Å². The van der Waals surface area contributed by atoms with Crippen LogP contribution in [-0.4, -0.2) is 30.5 Å². The Morgan fingerprint density at radius 2 is 1.63 bits per heavy atom. The molecule has 0 bridgehead atoms. The summed E-state index contributed by atoms with van der Waals surface area (Å²) in [5.74, 6) is -2.77. The maximum atomic E-state index is 12.4. The summed E-state index contributed by atoms with van der Waals surface area (Å²) in [4.78, 5) is 23.6. The van der Waals surface area contributed by atoms with E-state index < -0.39 is 35.4 Å². The molecule has 0 spiro atoms. The molecule has 2 aromatic carbocycles. The van der Waals surface area contributed by atoms with Crippen LogP contribution in [0.25, 0.3) is 6.08 Å². The number of carboxylic acids is 1. The molecule has 6 nitrogen and oxygen atoms in total. The van der Waals surface area contributed by atoms with E-state index in [2.05, 4.69) is 4.74 Å². The first-order chi connectivity index (χ1) is 17.7. The van der Waals surface area contributed by atoms with E-state index in [1.54, 1.807) is 26.2 Å². The summed E-state index contributed by atoms with van der Waals surface area (Å²) in [5.41, 5.74) is 5.23. The number of benzene rings is 2. The van der Waals surface area contributed by atoms with Crippen LogP contribution in [0.3, 0.4) is 0 Å². The average molecular weight is 531 g/mol. The van der Waals surface area contributed by atoms with Gasteiger partial charge in [0.05, 0.1) is 7.11 Å². The van der Waals surface area contributed by atoms with Gasteiger partial charge in [0.2, 0.25) is 0 Å². The lowest BCUT2D eigenvalue weighted by atomic mass is 9.96. The number of aromatic carboxylic acids is 1. The fourth-order valence-electron chi connectivity index (χ4n) is 3.49. The second-order valence-electron chi connectivity index (χ2n) is 8.48. The third-order valence-electron chi connectivity index (χ3n) is 5.53. The van der Waals surface area contributed by atoms with Crippen molar-refractivity contribution in [1.82, 2.24) is 0 Å². The Kier molecular flexibility index (Phi) is 10.1. The number of allylic oxidation sites excluding steroid dienone is 6. The fourth-order valence-corrected chi connectivity index (χ4v) is 3.49. The zero-order chi connectivity index (χ0) is 28.6. The minimum Gasteiger partial charge on any atom is -0.496 e. The molecule has 0 aliphatic rings. The number of rotatable bonds is 9. The third kappa shape index (κ3) is 8.69. The van der Waals surface area contributed by atoms with Crippen molar-refractivity contribution in [2.45, 2.75) is 41.0 Å².